The lowest BCUT2D eigenvalue weighted by molar-refractivity contribution is 0.0951. The SMILES string of the molecule is CNS(=O)(=O)Cc1ccc(CNC(=O)c2cc(Cl)c(OC)c(Cl)c2)cc1. The first-order valence-electron chi connectivity index (χ1n) is 7.56. The highest BCUT2D eigenvalue weighted by molar-refractivity contribution is 7.88. The molecule has 0 saturated heterocycles. The van der Waals surface area contributed by atoms with Crippen LogP contribution in [0.25, 0.3) is 0 Å². The molecule has 2 N–H and O–H groups in total. The van der Waals surface area contributed by atoms with Gasteiger partial charge in [0.2, 0.25) is 10.0 Å². The molecular formula is C17H18Cl2N2O4S. The van der Waals surface area contributed by atoms with Gasteiger partial charge in [-0.1, -0.05) is 47.5 Å². The highest BCUT2D eigenvalue weighted by atomic mass is 35.5. The zero-order valence-corrected chi connectivity index (χ0v) is 16.5. The lowest BCUT2D eigenvalue weighted by atomic mass is 10.1. The smallest absolute Gasteiger partial charge is 0.251 e. The normalized spacial score (nSPS) is 11.2. The third-order valence-corrected chi connectivity index (χ3v) is 5.51. The number of benzene rings is 2. The summed E-state index contributed by atoms with van der Waals surface area (Å²) in [5, 5.41) is 3.26. The number of ether oxygens (including phenoxy) is 1. The Morgan fingerprint density at radius 1 is 1.08 bits per heavy atom. The third kappa shape index (κ3) is 5.35. The molecule has 0 fully saturated rings. The van der Waals surface area contributed by atoms with Crippen molar-refractivity contribution in [3.63, 3.8) is 0 Å². The monoisotopic (exact) mass is 416 g/mol. The number of halogens is 2. The second kappa shape index (κ2) is 8.73. The number of hydrogen-bond acceptors (Lipinski definition) is 4. The maximum absolute atomic E-state index is 12.3. The number of methoxy groups -OCH3 is 1. The lowest BCUT2D eigenvalue weighted by Gasteiger charge is -2.10. The van der Waals surface area contributed by atoms with E-state index in [9.17, 15) is 13.2 Å². The van der Waals surface area contributed by atoms with Crippen molar-refractivity contribution >= 4 is 39.1 Å². The Morgan fingerprint density at radius 3 is 2.12 bits per heavy atom. The van der Waals surface area contributed by atoms with Crippen LogP contribution in [0.5, 0.6) is 5.75 Å². The molecule has 140 valence electrons. The van der Waals surface area contributed by atoms with Crippen LogP contribution in [-0.4, -0.2) is 28.5 Å². The van der Waals surface area contributed by atoms with Crippen LogP contribution >= 0.6 is 23.2 Å². The second-order valence-electron chi connectivity index (χ2n) is 5.44. The quantitative estimate of drug-likeness (QED) is 0.726. The molecule has 2 aromatic rings. The van der Waals surface area contributed by atoms with Crippen LogP contribution in [0.3, 0.4) is 0 Å². The number of carbonyl (C=O) groups is 1. The molecule has 0 aromatic heterocycles. The molecule has 2 rings (SSSR count). The van der Waals surface area contributed by atoms with E-state index in [1.54, 1.807) is 24.3 Å². The van der Waals surface area contributed by atoms with Gasteiger partial charge >= 0.3 is 0 Å². The largest absolute Gasteiger partial charge is 0.494 e. The minimum absolute atomic E-state index is 0.0982. The van der Waals surface area contributed by atoms with Crippen LogP contribution < -0.4 is 14.8 Å². The Labute approximate surface area is 162 Å². The number of sulfonamides is 1. The highest BCUT2D eigenvalue weighted by Gasteiger charge is 2.13. The van der Waals surface area contributed by atoms with Gasteiger partial charge in [0.1, 0.15) is 0 Å². The summed E-state index contributed by atoms with van der Waals surface area (Å²) >= 11 is 12.1. The summed E-state index contributed by atoms with van der Waals surface area (Å²) in [5.74, 6) is -0.116. The van der Waals surface area contributed by atoms with Crippen molar-refractivity contribution in [2.75, 3.05) is 14.2 Å². The Balaban J connectivity index is 2.01. The summed E-state index contributed by atoms with van der Waals surface area (Å²) in [6.07, 6.45) is 0. The van der Waals surface area contributed by atoms with E-state index in [1.165, 1.54) is 26.3 Å². The molecule has 0 radical (unpaired) electrons. The maximum atomic E-state index is 12.3. The van der Waals surface area contributed by atoms with Gasteiger partial charge in [-0.3, -0.25) is 4.79 Å². The first-order chi connectivity index (χ1) is 12.3. The molecule has 0 spiro atoms. The number of rotatable bonds is 7. The summed E-state index contributed by atoms with van der Waals surface area (Å²) in [6.45, 7) is 0.277. The molecule has 0 bridgehead atoms. The van der Waals surface area contributed by atoms with E-state index in [-0.39, 0.29) is 28.3 Å². The van der Waals surface area contributed by atoms with Gasteiger partial charge in [-0.05, 0) is 30.3 Å². The number of amides is 1. The third-order valence-electron chi connectivity index (χ3n) is 3.61. The van der Waals surface area contributed by atoms with Gasteiger partial charge in [0.15, 0.2) is 5.75 Å². The van der Waals surface area contributed by atoms with E-state index in [1.807, 2.05) is 0 Å². The van der Waals surface area contributed by atoms with E-state index in [0.717, 1.165) is 5.56 Å². The summed E-state index contributed by atoms with van der Waals surface area (Å²) in [7, 11) is -0.501. The summed E-state index contributed by atoms with van der Waals surface area (Å²) in [6, 6.07) is 9.89. The molecule has 1 amide bonds. The van der Waals surface area contributed by atoms with Crippen LogP contribution in [0.1, 0.15) is 21.5 Å². The first kappa shape index (κ1) is 20.5. The zero-order valence-electron chi connectivity index (χ0n) is 14.2. The van der Waals surface area contributed by atoms with Crippen molar-refractivity contribution in [2.24, 2.45) is 0 Å². The molecule has 0 saturated carbocycles. The first-order valence-corrected chi connectivity index (χ1v) is 9.97. The zero-order chi connectivity index (χ0) is 19.3. The fourth-order valence-corrected chi connectivity index (χ4v) is 3.63. The van der Waals surface area contributed by atoms with E-state index < -0.39 is 10.0 Å². The molecule has 26 heavy (non-hydrogen) atoms. The van der Waals surface area contributed by atoms with Crippen molar-refractivity contribution in [1.82, 2.24) is 10.0 Å². The predicted octanol–water partition coefficient (Wildman–Crippen LogP) is 2.98. The average molecular weight is 417 g/mol. The topological polar surface area (TPSA) is 84.5 Å². The highest BCUT2D eigenvalue weighted by Crippen LogP contribution is 2.33. The minimum Gasteiger partial charge on any atom is -0.494 e. The maximum Gasteiger partial charge on any atom is 0.251 e. The van der Waals surface area contributed by atoms with Crippen molar-refractivity contribution in [3.05, 3.63) is 63.1 Å². The molecule has 0 aliphatic rings. The molecular weight excluding hydrogens is 399 g/mol. The van der Waals surface area contributed by atoms with Gasteiger partial charge in [-0.15, -0.1) is 0 Å². The van der Waals surface area contributed by atoms with E-state index >= 15 is 0 Å². The van der Waals surface area contributed by atoms with Gasteiger partial charge in [-0.2, -0.15) is 0 Å². The van der Waals surface area contributed by atoms with Crippen LogP contribution in [-0.2, 0) is 22.3 Å². The average Bonchev–Trinajstić information content (AvgIpc) is 2.60. The molecule has 0 aliphatic heterocycles. The van der Waals surface area contributed by atoms with Crippen molar-refractivity contribution in [2.45, 2.75) is 12.3 Å². The van der Waals surface area contributed by atoms with Gasteiger partial charge in [-0.25, -0.2) is 13.1 Å². The Kier molecular flexibility index (Phi) is 6.88. The van der Waals surface area contributed by atoms with E-state index in [4.69, 9.17) is 27.9 Å². The van der Waals surface area contributed by atoms with Crippen LogP contribution in [0.15, 0.2) is 36.4 Å². The molecule has 0 aliphatic carbocycles. The van der Waals surface area contributed by atoms with E-state index in [2.05, 4.69) is 10.0 Å². The fourth-order valence-electron chi connectivity index (χ4n) is 2.22. The molecule has 0 unspecified atom stereocenters. The Hall–Kier alpha value is -1.80. The summed E-state index contributed by atoms with van der Waals surface area (Å²) < 4.78 is 30.4. The molecule has 9 heteroatoms. The number of carbonyl (C=O) groups excluding carboxylic acids is 1. The lowest BCUT2D eigenvalue weighted by Crippen LogP contribution is -2.23. The molecule has 2 aromatic carbocycles. The van der Waals surface area contributed by atoms with Gasteiger partial charge in [0, 0.05) is 12.1 Å². The molecule has 0 heterocycles. The Bertz CT molecular complexity index is 876. The summed E-state index contributed by atoms with van der Waals surface area (Å²) in [4.78, 5) is 12.3. The fraction of sp³-hybridized carbons (Fsp3) is 0.235. The number of nitrogens with one attached hydrogen (secondary N) is 2. The standard InChI is InChI=1S/C17H18Cl2N2O4S/c1-20-26(23,24)10-12-5-3-11(4-6-12)9-21-17(22)13-7-14(18)16(25-2)15(19)8-13/h3-8,20H,9-10H2,1-2H3,(H,21,22). The van der Waals surface area contributed by atoms with Gasteiger partial charge < -0.3 is 10.1 Å². The van der Waals surface area contributed by atoms with Crippen LogP contribution in [0.2, 0.25) is 10.0 Å². The van der Waals surface area contributed by atoms with Crippen molar-refractivity contribution in [3.8, 4) is 5.75 Å². The van der Waals surface area contributed by atoms with Crippen LogP contribution in [0, 0.1) is 0 Å². The van der Waals surface area contributed by atoms with Crippen LogP contribution in [0.4, 0.5) is 0 Å². The Morgan fingerprint density at radius 2 is 1.62 bits per heavy atom. The van der Waals surface area contributed by atoms with Crippen molar-refractivity contribution < 1.29 is 17.9 Å². The molecule has 6 nitrogen and oxygen atoms in total. The minimum atomic E-state index is -3.32. The molecule has 0 atom stereocenters. The number of hydrogen-bond donors (Lipinski definition) is 2. The van der Waals surface area contributed by atoms with Gasteiger partial charge in [0.05, 0.1) is 22.9 Å². The van der Waals surface area contributed by atoms with Crippen molar-refractivity contribution in [1.29, 1.82) is 0 Å². The second-order valence-corrected chi connectivity index (χ2v) is 8.18. The summed E-state index contributed by atoms with van der Waals surface area (Å²) in [5.41, 5.74) is 1.80. The van der Waals surface area contributed by atoms with Gasteiger partial charge in [0.25, 0.3) is 5.91 Å². The predicted molar refractivity (Wildman–Crippen MR) is 102 cm³/mol. The van der Waals surface area contributed by atoms with E-state index in [0.29, 0.717) is 16.9 Å².